The molecule has 0 spiro atoms. The predicted molar refractivity (Wildman–Crippen MR) is 162 cm³/mol. The number of nitrogens with zero attached hydrogens (tertiary/aromatic N) is 4. The van der Waals surface area contributed by atoms with Crippen LogP contribution in [0.2, 0.25) is 0 Å². The second-order valence-electron chi connectivity index (χ2n) is 10.9. The number of allylic oxidation sites excluding steroid dienone is 3. The van der Waals surface area contributed by atoms with Crippen molar-refractivity contribution in [3.05, 3.63) is 59.8 Å². The Balaban J connectivity index is 1.34. The monoisotopic (exact) mass is 545 g/mol. The van der Waals surface area contributed by atoms with Crippen LogP contribution in [0.5, 0.6) is 0 Å². The van der Waals surface area contributed by atoms with Crippen molar-refractivity contribution in [2.75, 3.05) is 38.0 Å². The maximum Gasteiger partial charge on any atom is 0.319 e. The van der Waals surface area contributed by atoms with Crippen molar-refractivity contribution < 1.29 is 4.79 Å². The minimum atomic E-state index is 0.208. The highest BCUT2D eigenvalue weighted by atomic mass is 16.2. The molecule has 0 atom stereocenters. The predicted octanol–water partition coefficient (Wildman–Crippen LogP) is 4.24. The molecule has 4 heterocycles. The molecular formula is C30H43N9O. The lowest BCUT2D eigenvalue weighted by molar-refractivity contribution is 0.125. The Bertz CT molecular complexity index is 1270. The highest BCUT2D eigenvalue weighted by Gasteiger charge is 2.26. The van der Waals surface area contributed by atoms with E-state index < -0.39 is 0 Å². The average molecular weight is 546 g/mol. The van der Waals surface area contributed by atoms with Gasteiger partial charge in [-0.05, 0) is 80.0 Å². The molecule has 0 radical (unpaired) electrons. The van der Waals surface area contributed by atoms with Gasteiger partial charge in [0, 0.05) is 62.5 Å². The summed E-state index contributed by atoms with van der Waals surface area (Å²) in [7, 11) is 0. The molecule has 0 bridgehead atoms. The zero-order valence-corrected chi connectivity index (χ0v) is 23.7. The van der Waals surface area contributed by atoms with E-state index in [2.05, 4.69) is 34.4 Å². The molecule has 2 saturated heterocycles. The smallest absolute Gasteiger partial charge is 0.319 e. The van der Waals surface area contributed by atoms with Gasteiger partial charge in [-0.1, -0.05) is 13.8 Å². The number of hydrogen-bond donors (Lipinski definition) is 5. The van der Waals surface area contributed by atoms with Crippen LogP contribution in [0.25, 0.3) is 16.6 Å². The zero-order chi connectivity index (χ0) is 28.5. The van der Waals surface area contributed by atoms with Gasteiger partial charge in [-0.15, -0.1) is 0 Å². The maximum absolute atomic E-state index is 12.8. The molecule has 2 aromatic heterocycles. The first-order valence-corrected chi connectivity index (χ1v) is 14.3. The number of anilines is 1. The van der Waals surface area contributed by atoms with E-state index in [1.807, 2.05) is 40.3 Å². The van der Waals surface area contributed by atoms with E-state index in [-0.39, 0.29) is 11.9 Å². The minimum absolute atomic E-state index is 0.208. The van der Waals surface area contributed by atoms with E-state index in [4.69, 9.17) is 16.9 Å². The highest BCUT2D eigenvalue weighted by Crippen LogP contribution is 2.21. The number of nitrogens with one attached hydrogen (secondary N) is 3. The Hall–Kier alpha value is -4.08. The first-order chi connectivity index (χ1) is 19.4. The molecule has 2 aliphatic rings. The van der Waals surface area contributed by atoms with E-state index in [9.17, 15) is 4.79 Å². The number of hydrogen-bond acceptors (Lipinski definition) is 8. The van der Waals surface area contributed by atoms with Gasteiger partial charge in [0.2, 0.25) is 0 Å². The van der Waals surface area contributed by atoms with Crippen molar-refractivity contribution in [2.24, 2.45) is 23.3 Å². The number of amides is 2. The summed E-state index contributed by atoms with van der Waals surface area (Å²) in [4.78, 5) is 26.0. The first-order valence-electron chi connectivity index (χ1n) is 14.3. The standard InChI is InChI=1S/C30H43N9O/c1-21(2)23(16-31)15-28(33)37-29-7-6-26-27(36-29)14-24(20-35-26)25(17-32)19-34-18-22-8-12-39(13-9-22)30(40)38-10-4-3-5-11-38/h6-7,14-17,19-22,32,34H,3-5,8-13,18,31,33H2,1-2H3,(H,36,37)/b23-16+,25-19+,28-15+,32-17?. The number of aromatic nitrogens is 2. The van der Waals surface area contributed by atoms with Gasteiger partial charge in [-0.2, -0.15) is 0 Å². The third-order valence-electron chi connectivity index (χ3n) is 7.66. The Morgan fingerprint density at radius 2 is 1.85 bits per heavy atom. The molecule has 4 rings (SSSR count). The third kappa shape index (κ3) is 7.52. The Labute approximate surface area is 237 Å². The number of carbonyl (C=O) groups is 1. The summed E-state index contributed by atoms with van der Waals surface area (Å²) >= 11 is 0. The Morgan fingerprint density at radius 1 is 1.12 bits per heavy atom. The van der Waals surface area contributed by atoms with Gasteiger partial charge < -0.3 is 37.3 Å². The zero-order valence-electron chi connectivity index (χ0n) is 23.7. The number of urea groups is 1. The number of fused-ring (bicyclic) bond motifs is 1. The number of piperidine rings is 2. The summed E-state index contributed by atoms with van der Waals surface area (Å²) in [6, 6.07) is 5.85. The molecule has 2 aromatic rings. The van der Waals surface area contributed by atoms with Crippen LogP contribution in [-0.4, -0.2) is 64.7 Å². The van der Waals surface area contributed by atoms with Gasteiger partial charge in [0.15, 0.2) is 0 Å². The van der Waals surface area contributed by atoms with Crippen molar-refractivity contribution in [1.29, 1.82) is 5.41 Å². The largest absolute Gasteiger partial charge is 0.404 e. The average Bonchev–Trinajstić information content (AvgIpc) is 2.98. The summed E-state index contributed by atoms with van der Waals surface area (Å²) in [5.41, 5.74) is 15.8. The Kier molecular flexibility index (Phi) is 9.99. The Morgan fingerprint density at radius 3 is 2.52 bits per heavy atom. The summed E-state index contributed by atoms with van der Waals surface area (Å²) in [6.07, 6.45) is 13.7. The second-order valence-corrected chi connectivity index (χ2v) is 10.9. The van der Waals surface area contributed by atoms with Crippen molar-refractivity contribution in [2.45, 2.75) is 46.0 Å². The summed E-state index contributed by atoms with van der Waals surface area (Å²) in [6.45, 7) is 8.30. The van der Waals surface area contributed by atoms with Crippen LogP contribution in [0, 0.1) is 17.2 Å². The number of likely N-dealkylation sites (tertiary alicyclic amines) is 2. The molecule has 0 aliphatic carbocycles. The highest BCUT2D eigenvalue weighted by molar-refractivity contribution is 6.08. The third-order valence-corrected chi connectivity index (χ3v) is 7.66. The van der Waals surface area contributed by atoms with E-state index in [0.29, 0.717) is 23.1 Å². The maximum atomic E-state index is 12.8. The SMILES string of the molecule is CC(C)C(=C/N)/C=C(\N)Nc1ccc2ncc(/C(C=N)=C/NCC3CCN(C(=O)N4CCCCC4)CC3)cc2n1. The van der Waals surface area contributed by atoms with Crippen molar-refractivity contribution >= 4 is 34.7 Å². The fourth-order valence-electron chi connectivity index (χ4n) is 5.16. The van der Waals surface area contributed by atoms with Gasteiger partial charge in [0.05, 0.1) is 11.0 Å². The molecule has 2 aliphatic heterocycles. The van der Waals surface area contributed by atoms with Crippen molar-refractivity contribution in [3.8, 4) is 0 Å². The van der Waals surface area contributed by atoms with Crippen LogP contribution in [0.3, 0.4) is 0 Å². The fraction of sp³-hybridized carbons (Fsp3) is 0.467. The van der Waals surface area contributed by atoms with Gasteiger partial charge in [-0.3, -0.25) is 4.98 Å². The van der Waals surface area contributed by atoms with Crippen LogP contribution in [-0.2, 0) is 0 Å². The molecule has 0 unspecified atom stereocenters. The summed E-state index contributed by atoms with van der Waals surface area (Å²) in [5, 5.41) is 14.5. The molecule has 10 nitrogen and oxygen atoms in total. The molecule has 10 heteroatoms. The lowest BCUT2D eigenvalue weighted by Gasteiger charge is -2.37. The minimum Gasteiger partial charge on any atom is -0.404 e. The van der Waals surface area contributed by atoms with E-state index in [0.717, 1.165) is 80.6 Å². The molecule has 40 heavy (non-hydrogen) atoms. The molecule has 7 N–H and O–H groups in total. The summed E-state index contributed by atoms with van der Waals surface area (Å²) < 4.78 is 0. The van der Waals surface area contributed by atoms with Crippen LogP contribution >= 0.6 is 0 Å². The molecule has 2 fully saturated rings. The van der Waals surface area contributed by atoms with Crippen LogP contribution in [0.4, 0.5) is 10.6 Å². The molecular weight excluding hydrogens is 502 g/mol. The molecule has 2 amide bonds. The van der Waals surface area contributed by atoms with Gasteiger partial charge >= 0.3 is 6.03 Å². The number of pyridine rings is 2. The lowest BCUT2D eigenvalue weighted by Crippen LogP contribution is -2.48. The molecule has 0 aromatic carbocycles. The number of rotatable bonds is 9. The fourth-order valence-corrected chi connectivity index (χ4v) is 5.16. The van der Waals surface area contributed by atoms with Gasteiger partial charge in [0.25, 0.3) is 0 Å². The van der Waals surface area contributed by atoms with E-state index in [1.54, 1.807) is 12.4 Å². The lowest BCUT2D eigenvalue weighted by atomic mass is 9.97. The molecule has 0 saturated carbocycles. The normalized spacial score (nSPS) is 17.8. The number of carbonyl (C=O) groups excluding carboxylic acids is 1. The first kappa shape index (κ1) is 28.9. The van der Waals surface area contributed by atoms with Gasteiger partial charge in [0.1, 0.15) is 11.6 Å². The quantitative estimate of drug-likeness (QED) is 0.234. The second kappa shape index (κ2) is 13.8. The topological polar surface area (TPSA) is 149 Å². The van der Waals surface area contributed by atoms with Crippen molar-refractivity contribution in [1.82, 2.24) is 25.1 Å². The number of nitrogens with two attached hydrogens (primary N) is 2. The van der Waals surface area contributed by atoms with Crippen LogP contribution in [0.15, 0.2) is 54.3 Å². The van der Waals surface area contributed by atoms with Gasteiger partial charge in [-0.25, -0.2) is 9.78 Å². The summed E-state index contributed by atoms with van der Waals surface area (Å²) in [5.74, 6) is 1.79. The van der Waals surface area contributed by atoms with Crippen molar-refractivity contribution in [3.63, 3.8) is 0 Å². The van der Waals surface area contributed by atoms with Crippen LogP contribution in [0.1, 0.15) is 51.5 Å². The molecule has 214 valence electrons. The van der Waals surface area contributed by atoms with E-state index in [1.165, 1.54) is 12.6 Å². The van der Waals surface area contributed by atoms with Crippen LogP contribution < -0.4 is 22.1 Å². The van der Waals surface area contributed by atoms with E-state index >= 15 is 0 Å².